The standard InChI is InChI=1S/C21H32N4O4S/c1-16(26)25-19-9-8-18(30(28,29)24-11-6-4-5-7-12-24)14-17(19)15-20(25)21(27)22-10-13-23(2)3/h8-9,14,20H,4-7,10-13,15H2,1-3H3,(H,22,27)/t20-/m0/s1. The first-order valence-corrected chi connectivity index (χ1v) is 12.0. The van der Waals surface area contributed by atoms with Gasteiger partial charge in [-0.05, 0) is 50.7 Å². The van der Waals surface area contributed by atoms with E-state index in [1.54, 1.807) is 22.5 Å². The van der Waals surface area contributed by atoms with Crippen LogP contribution in [-0.4, -0.2) is 75.8 Å². The Morgan fingerprint density at radius 3 is 2.40 bits per heavy atom. The van der Waals surface area contributed by atoms with E-state index in [1.807, 2.05) is 19.0 Å². The Balaban J connectivity index is 1.83. The summed E-state index contributed by atoms with van der Waals surface area (Å²) in [6.07, 6.45) is 4.16. The molecule has 0 aromatic heterocycles. The van der Waals surface area contributed by atoms with E-state index in [0.717, 1.165) is 25.7 Å². The SMILES string of the molecule is CC(=O)N1c2ccc(S(=O)(=O)N3CCCCCC3)cc2C[C@H]1C(=O)NCCN(C)C. The predicted molar refractivity (Wildman–Crippen MR) is 116 cm³/mol. The zero-order valence-electron chi connectivity index (χ0n) is 18.1. The van der Waals surface area contributed by atoms with Gasteiger partial charge in [0.1, 0.15) is 6.04 Å². The molecule has 30 heavy (non-hydrogen) atoms. The number of likely N-dealkylation sites (N-methyl/N-ethyl adjacent to an activating group) is 1. The Morgan fingerprint density at radius 1 is 1.13 bits per heavy atom. The number of nitrogens with zero attached hydrogens (tertiary/aromatic N) is 3. The Morgan fingerprint density at radius 2 is 1.80 bits per heavy atom. The van der Waals surface area contributed by atoms with Crippen LogP contribution >= 0.6 is 0 Å². The molecule has 8 nitrogen and oxygen atoms in total. The number of carbonyl (C=O) groups excluding carboxylic acids is 2. The lowest BCUT2D eigenvalue weighted by atomic mass is 10.1. The van der Waals surface area contributed by atoms with Gasteiger partial charge in [-0.25, -0.2) is 8.42 Å². The highest BCUT2D eigenvalue weighted by Gasteiger charge is 2.38. The number of hydrogen-bond acceptors (Lipinski definition) is 5. The fourth-order valence-electron chi connectivity index (χ4n) is 4.14. The Labute approximate surface area is 179 Å². The van der Waals surface area contributed by atoms with Crippen LogP contribution in [0.1, 0.15) is 38.2 Å². The Hall–Kier alpha value is -1.97. The highest BCUT2D eigenvalue weighted by molar-refractivity contribution is 7.89. The van der Waals surface area contributed by atoms with E-state index in [1.165, 1.54) is 11.8 Å². The van der Waals surface area contributed by atoms with Crippen LogP contribution in [0, 0.1) is 0 Å². The third-order valence-electron chi connectivity index (χ3n) is 5.74. The maximum atomic E-state index is 13.1. The molecule has 1 N–H and O–H groups in total. The minimum atomic E-state index is -3.58. The number of benzene rings is 1. The molecule has 2 amide bonds. The van der Waals surface area contributed by atoms with Crippen LogP contribution in [0.15, 0.2) is 23.1 Å². The number of carbonyl (C=O) groups is 2. The van der Waals surface area contributed by atoms with Crippen molar-refractivity contribution in [3.05, 3.63) is 23.8 Å². The second-order valence-electron chi connectivity index (χ2n) is 8.31. The average molecular weight is 437 g/mol. The normalized spacial score (nSPS) is 20.1. The zero-order chi connectivity index (χ0) is 21.9. The number of nitrogens with one attached hydrogen (secondary N) is 1. The van der Waals surface area contributed by atoms with Crippen molar-refractivity contribution in [3.8, 4) is 0 Å². The van der Waals surface area contributed by atoms with E-state index in [0.29, 0.717) is 43.9 Å². The van der Waals surface area contributed by atoms with Crippen molar-refractivity contribution in [2.24, 2.45) is 0 Å². The zero-order valence-corrected chi connectivity index (χ0v) is 18.9. The van der Waals surface area contributed by atoms with Gasteiger partial charge in [-0.15, -0.1) is 0 Å². The molecule has 0 unspecified atom stereocenters. The maximum absolute atomic E-state index is 13.1. The maximum Gasteiger partial charge on any atom is 0.243 e. The van der Waals surface area contributed by atoms with E-state index in [2.05, 4.69) is 5.32 Å². The minimum absolute atomic E-state index is 0.222. The summed E-state index contributed by atoms with van der Waals surface area (Å²) in [4.78, 5) is 28.7. The van der Waals surface area contributed by atoms with Gasteiger partial charge in [-0.2, -0.15) is 4.31 Å². The molecule has 0 aliphatic carbocycles. The summed E-state index contributed by atoms with van der Waals surface area (Å²) < 4.78 is 27.8. The Bertz CT molecular complexity index is 892. The molecular weight excluding hydrogens is 404 g/mol. The van der Waals surface area contributed by atoms with Crippen molar-refractivity contribution in [3.63, 3.8) is 0 Å². The Kier molecular flexibility index (Phi) is 7.15. The first-order valence-electron chi connectivity index (χ1n) is 10.6. The summed E-state index contributed by atoms with van der Waals surface area (Å²) >= 11 is 0. The highest BCUT2D eigenvalue weighted by atomic mass is 32.2. The molecule has 0 radical (unpaired) electrons. The number of fused-ring (bicyclic) bond motifs is 1. The summed E-state index contributed by atoms with van der Waals surface area (Å²) in [5, 5.41) is 2.88. The van der Waals surface area contributed by atoms with Crippen molar-refractivity contribution in [1.82, 2.24) is 14.5 Å². The summed E-state index contributed by atoms with van der Waals surface area (Å²) in [6, 6.07) is 4.20. The van der Waals surface area contributed by atoms with Gasteiger partial charge in [-0.1, -0.05) is 12.8 Å². The monoisotopic (exact) mass is 436 g/mol. The average Bonchev–Trinajstić information content (AvgIpc) is 2.85. The molecule has 2 aliphatic heterocycles. The topological polar surface area (TPSA) is 90.0 Å². The second-order valence-corrected chi connectivity index (χ2v) is 10.2. The lowest BCUT2D eigenvalue weighted by Gasteiger charge is -2.24. The van der Waals surface area contributed by atoms with Gasteiger partial charge in [0.15, 0.2) is 0 Å². The molecular formula is C21H32N4O4S. The molecule has 1 fully saturated rings. The molecule has 1 aromatic carbocycles. The molecule has 3 rings (SSSR count). The lowest BCUT2D eigenvalue weighted by Crippen LogP contribution is -2.48. The molecule has 1 saturated heterocycles. The van der Waals surface area contributed by atoms with Crippen molar-refractivity contribution in [2.45, 2.75) is 50.0 Å². The molecule has 0 spiro atoms. The van der Waals surface area contributed by atoms with E-state index in [-0.39, 0.29) is 16.7 Å². The molecule has 2 aliphatic rings. The fraction of sp³-hybridized carbons (Fsp3) is 0.619. The first-order chi connectivity index (χ1) is 14.2. The molecule has 9 heteroatoms. The van der Waals surface area contributed by atoms with Crippen molar-refractivity contribution in [1.29, 1.82) is 0 Å². The molecule has 1 aromatic rings. The van der Waals surface area contributed by atoms with Gasteiger partial charge in [-0.3, -0.25) is 14.5 Å². The van der Waals surface area contributed by atoms with Crippen LogP contribution in [-0.2, 0) is 26.0 Å². The molecule has 2 heterocycles. The van der Waals surface area contributed by atoms with Crippen LogP contribution in [0.3, 0.4) is 0 Å². The van der Waals surface area contributed by atoms with Crippen LogP contribution in [0.5, 0.6) is 0 Å². The van der Waals surface area contributed by atoms with Gasteiger partial charge < -0.3 is 10.2 Å². The lowest BCUT2D eigenvalue weighted by molar-refractivity contribution is -0.125. The van der Waals surface area contributed by atoms with E-state index in [9.17, 15) is 18.0 Å². The highest BCUT2D eigenvalue weighted by Crippen LogP contribution is 2.35. The number of amides is 2. The number of sulfonamides is 1. The summed E-state index contributed by atoms with van der Waals surface area (Å²) in [7, 11) is 0.262. The van der Waals surface area contributed by atoms with Gasteiger partial charge in [0, 0.05) is 45.2 Å². The van der Waals surface area contributed by atoms with Crippen molar-refractivity contribution < 1.29 is 18.0 Å². The quantitative estimate of drug-likeness (QED) is 0.724. The van der Waals surface area contributed by atoms with E-state index in [4.69, 9.17) is 0 Å². The second kappa shape index (κ2) is 9.45. The number of anilines is 1. The van der Waals surface area contributed by atoms with Crippen molar-refractivity contribution >= 4 is 27.5 Å². The fourth-order valence-corrected chi connectivity index (χ4v) is 5.71. The van der Waals surface area contributed by atoms with Crippen LogP contribution < -0.4 is 10.2 Å². The molecule has 0 saturated carbocycles. The molecule has 1 atom stereocenters. The van der Waals surface area contributed by atoms with Crippen LogP contribution in [0.2, 0.25) is 0 Å². The van der Waals surface area contributed by atoms with Crippen LogP contribution in [0.4, 0.5) is 5.69 Å². The largest absolute Gasteiger partial charge is 0.353 e. The van der Waals surface area contributed by atoms with Gasteiger partial charge in [0.05, 0.1) is 4.90 Å². The van der Waals surface area contributed by atoms with Gasteiger partial charge in [0.2, 0.25) is 21.8 Å². The smallest absolute Gasteiger partial charge is 0.243 e. The predicted octanol–water partition coefficient (Wildman–Crippen LogP) is 1.21. The van der Waals surface area contributed by atoms with Gasteiger partial charge in [0.25, 0.3) is 0 Å². The first kappa shape index (κ1) is 22.7. The minimum Gasteiger partial charge on any atom is -0.353 e. The summed E-state index contributed by atoms with van der Waals surface area (Å²) in [5.74, 6) is -0.454. The van der Waals surface area contributed by atoms with E-state index >= 15 is 0 Å². The van der Waals surface area contributed by atoms with Gasteiger partial charge >= 0.3 is 0 Å². The number of rotatable bonds is 6. The van der Waals surface area contributed by atoms with Crippen LogP contribution in [0.25, 0.3) is 0 Å². The molecule has 166 valence electrons. The third-order valence-corrected chi connectivity index (χ3v) is 7.63. The third kappa shape index (κ3) is 4.84. The summed E-state index contributed by atoms with van der Waals surface area (Å²) in [6.45, 7) is 3.69. The number of hydrogen-bond donors (Lipinski definition) is 1. The summed E-state index contributed by atoms with van der Waals surface area (Å²) in [5.41, 5.74) is 1.33. The van der Waals surface area contributed by atoms with E-state index < -0.39 is 16.1 Å². The molecule has 0 bridgehead atoms. The van der Waals surface area contributed by atoms with Crippen molar-refractivity contribution in [2.75, 3.05) is 45.2 Å².